The second kappa shape index (κ2) is 4.81. The maximum Gasteiger partial charge on any atom is 0.163 e. The van der Waals surface area contributed by atoms with Crippen molar-refractivity contribution in [3.05, 3.63) is 12.1 Å². The second-order valence-electron chi connectivity index (χ2n) is 5.41. The molecule has 1 aliphatic carbocycles. The van der Waals surface area contributed by atoms with Gasteiger partial charge in [0.1, 0.15) is 13.2 Å². The number of hydrogen-bond acceptors (Lipinski definition) is 5. The van der Waals surface area contributed by atoms with Crippen molar-refractivity contribution in [1.82, 2.24) is 0 Å². The lowest BCUT2D eigenvalue weighted by Gasteiger charge is -2.22. The van der Waals surface area contributed by atoms with Crippen LogP contribution in [0.25, 0.3) is 0 Å². The summed E-state index contributed by atoms with van der Waals surface area (Å²) < 4.78 is 11.0. The molecule has 2 aliphatic rings. The van der Waals surface area contributed by atoms with E-state index in [2.05, 4.69) is 5.32 Å². The number of aliphatic hydroxyl groups excluding tert-OH is 1. The smallest absolute Gasteiger partial charge is 0.163 e. The lowest BCUT2D eigenvalue weighted by atomic mass is 10.0. The lowest BCUT2D eigenvalue weighted by molar-refractivity contribution is 0.172. The average molecular weight is 264 g/mol. The number of fused-ring (bicyclic) bond motifs is 1. The van der Waals surface area contributed by atoms with E-state index in [-0.39, 0.29) is 12.0 Å². The number of benzene rings is 1. The summed E-state index contributed by atoms with van der Waals surface area (Å²) in [7, 11) is 0. The van der Waals surface area contributed by atoms with Gasteiger partial charge in [0, 0.05) is 25.3 Å². The first-order valence-corrected chi connectivity index (χ1v) is 6.76. The Balaban J connectivity index is 1.70. The van der Waals surface area contributed by atoms with Crippen molar-refractivity contribution >= 4 is 11.4 Å². The highest BCUT2D eigenvalue weighted by Gasteiger charge is 2.41. The van der Waals surface area contributed by atoms with E-state index >= 15 is 0 Å². The summed E-state index contributed by atoms with van der Waals surface area (Å²) >= 11 is 0. The molecule has 5 nitrogen and oxygen atoms in total. The molecule has 0 amide bonds. The van der Waals surface area contributed by atoms with E-state index < -0.39 is 0 Å². The third kappa shape index (κ3) is 2.56. The molecule has 4 N–H and O–H groups in total. The molecule has 1 saturated carbocycles. The van der Waals surface area contributed by atoms with Crippen LogP contribution in [0.1, 0.15) is 19.3 Å². The maximum absolute atomic E-state index is 9.06. The highest BCUT2D eigenvalue weighted by Crippen LogP contribution is 2.49. The number of nitrogens with one attached hydrogen (secondary N) is 1. The van der Waals surface area contributed by atoms with Gasteiger partial charge in [-0.3, -0.25) is 0 Å². The Morgan fingerprint density at radius 2 is 1.89 bits per heavy atom. The van der Waals surface area contributed by atoms with Crippen LogP contribution in [0.2, 0.25) is 0 Å². The minimum Gasteiger partial charge on any atom is -0.486 e. The summed E-state index contributed by atoms with van der Waals surface area (Å²) in [5, 5.41) is 12.4. The first-order chi connectivity index (χ1) is 9.22. The SMILES string of the molecule is Nc1cc2c(cc1NCC1(CCO)CC1)OCCO2. The molecule has 104 valence electrons. The monoisotopic (exact) mass is 264 g/mol. The molecule has 3 rings (SSSR count). The summed E-state index contributed by atoms with van der Waals surface area (Å²) in [4.78, 5) is 0. The van der Waals surface area contributed by atoms with E-state index in [0.717, 1.165) is 24.4 Å². The molecule has 0 spiro atoms. The minimum absolute atomic E-state index is 0.248. The van der Waals surface area contributed by atoms with E-state index in [0.29, 0.717) is 24.7 Å². The quantitative estimate of drug-likeness (QED) is 0.704. The van der Waals surface area contributed by atoms with Crippen LogP contribution in [0, 0.1) is 5.41 Å². The predicted molar refractivity (Wildman–Crippen MR) is 73.7 cm³/mol. The van der Waals surface area contributed by atoms with Gasteiger partial charge in [-0.2, -0.15) is 0 Å². The van der Waals surface area contributed by atoms with Gasteiger partial charge in [-0.25, -0.2) is 0 Å². The van der Waals surface area contributed by atoms with E-state index in [1.807, 2.05) is 12.1 Å². The second-order valence-corrected chi connectivity index (χ2v) is 5.41. The molecular formula is C14H20N2O3. The summed E-state index contributed by atoms with van der Waals surface area (Å²) in [5.41, 5.74) is 7.83. The summed E-state index contributed by atoms with van der Waals surface area (Å²) in [5.74, 6) is 1.46. The van der Waals surface area contributed by atoms with E-state index in [1.165, 1.54) is 12.8 Å². The predicted octanol–water partition coefficient (Wildman–Crippen LogP) is 1.61. The van der Waals surface area contributed by atoms with Crippen molar-refractivity contribution in [3.8, 4) is 11.5 Å². The van der Waals surface area contributed by atoms with Gasteiger partial charge in [-0.15, -0.1) is 0 Å². The normalized spacial score (nSPS) is 19.0. The number of rotatable bonds is 5. The lowest BCUT2D eigenvalue weighted by Crippen LogP contribution is -2.19. The third-order valence-electron chi connectivity index (χ3n) is 3.97. The zero-order chi connectivity index (χ0) is 13.3. The summed E-state index contributed by atoms with van der Waals surface area (Å²) in [6, 6.07) is 3.71. The highest BCUT2D eigenvalue weighted by molar-refractivity contribution is 5.72. The number of ether oxygens (including phenoxy) is 2. The van der Waals surface area contributed by atoms with Gasteiger partial charge in [0.15, 0.2) is 11.5 Å². The number of anilines is 2. The molecule has 5 heteroatoms. The molecule has 19 heavy (non-hydrogen) atoms. The topological polar surface area (TPSA) is 76.7 Å². The maximum atomic E-state index is 9.06. The van der Waals surface area contributed by atoms with Gasteiger partial charge in [-0.05, 0) is 24.7 Å². The molecule has 1 aromatic rings. The van der Waals surface area contributed by atoms with Crippen molar-refractivity contribution in [3.63, 3.8) is 0 Å². The first-order valence-electron chi connectivity index (χ1n) is 6.76. The van der Waals surface area contributed by atoms with Crippen molar-refractivity contribution in [1.29, 1.82) is 0 Å². The van der Waals surface area contributed by atoms with Crippen molar-refractivity contribution in [2.45, 2.75) is 19.3 Å². The number of nitrogens with two attached hydrogens (primary N) is 1. The van der Waals surface area contributed by atoms with E-state index in [1.54, 1.807) is 0 Å². The average Bonchev–Trinajstić information content (AvgIpc) is 3.17. The summed E-state index contributed by atoms with van der Waals surface area (Å²) in [6.45, 7) is 2.24. The van der Waals surface area contributed by atoms with Crippen molar-refractivity contribution < 1.29 is 14.6 Å². The van der Waals surface area contributed by atoms with Crippen LogP contribution in [0.15, 0.2) is 12.1 Å². The third-order valence-corrected chi connectivity index (χ3v) is 3.97. The van der Waals surface area contributed by atoms with Crippen LogP contribution in [0.3, 0.4) is 0 Å². The zero-order valence-electron chi connectivity index (χ0n) is 10.9. The van der Waals surface area contributed by atoms with Crippen molar-refractivity contribution in [2.24, 2.45) is 5.41 Å². The highest BCUT2D eigenvalue weighted by atomic mass is 16.6. The molecular weight excluding hydrogens is 244 g/mol. The standard InChI is InChI=1S/C14H20N2O3/c15-10-7-12-13(19-6-5-18-12)8-11(10)16-9-14(1-2-14)3-4-17/h7-8,16-17H,1-6,9,15H2. The van der Waals surface area contributed by atoms with Crippen LogP contribution in [0.5, 0.6) is 11.5 Å². The fourth-order valence-electron chi connectivity index (χ4n) is 2.47. The van der Waals surface area contributed by atoms with Crippen LogP contribution >= 0.6 is 0 Å². The van der Waals surface area contributed by atoms with Gasteiger partial charge in [-0.1, -0.05) is 0 Å². The molecule has 0 unspecified atom stereocenters. The van der Waals surface area contributed by atoms with Gasteiger partial charge in [0.25, 0.3) is 0 Å². The van der Waals surface area contributed by atoms with Gasteiger partial charge >= 0.3 is 0 Å². The first kappa shape index (κ1) is 12.4. The molecule has 0 bridgehead atoms. The number of hydrogen-bond donors (Lipinski definition) is 3. The zero-order valence-corrected chi connectivity index (χ0v) is 10.9. The molecule has 0 atom stereocenters. The molecule has 1 aromatic carbocycles. The van der Waals surface area contributed by atoms with E-state index in [9.17, 15) is 0 Å². The fourth-order valence-corrected chi connectivity index (χ4v) is 2.47. The Labute approximate surface area is 112 Å². The molecule has 1 heterocycles. The molecule has 1 fully saturated rings. The van der Waals surface area contributed by atoms with E-state index in [4.69, 9.17) is 20.3 Å². The van der Waals surface area contributed by atoms with Crippen LogP contribution in [-0.2, 0) is 0 Å². The van der Waals surface area contributed by atoms with Crippen LogP contribution in [0.4, 0.5) is 11.4 Å². The Hall–Kier alpha value is -1.62. The Morgan fingerprint density at radius 1 is 1.21 bits per heavy atom. The van der Waals surface area contributed by atoms with Crippen molar-refractivity contribution in [2.75, 3.05) is 37.4 Å². The Morgan fingerprint density at radius 3 is 2.53 bits per heavy atom. The number of aliphatic hydroxyl groups is 1. The number of nitrogen functional groups attached to an aromatic ring is 1. The van der Waals surface area contributed by atoms with Gasteiger partial charge in [0.2, 0.25) is 0 Å². The molecule has 0 aromatic heterocycles. The Bertz CT molecular complexity index is 472. The minimum atomic E-state index is 0.248. The van der Waals surface area contributed by atoms with Gasteiger partial charge in [0.05, 0.1) is 11.4 Å². The largest absolute Gasteiger partial charge is 0.486 e. The Kier molecular flexibility index (Phi) is 3.14. The fraction of sp³-hybridized carbons (Fsp3) is 0.571. The summed E-state index contributed by atoms with van der Waals surface area (Å²) in [6.07, 6.45) is 3.19. The van der Waals surface area contributed by atoms with Gasteiger partial charge < -0.3 is 25.6 Å². The van der Waals surface area contributed by atoms with Crippen LogP contribution < -0.4 is 20.5 Å². The molecule has 0 saturated heterocycles. The molecule has 0 radical (unpaired) electrons. The molecule has 1 aliphatic heterocycles. The van der Waals surface area contributed by atoms with Crippen LogP contribution in [-0.4, -0.2) is 31.5 Å².